The Balaban J connectivity index is 3.38. The molecule has 0 fully saturated rings. The van der Waals surface area contributed by atoms with Crippen LogP contribution in [0.3, 0.4) is 0 Å². The van der Waals surface area contributed by atoms with E-state index in [4.69, 9.17) is 9.47 Å². The zero-order valence-electron chi connectivity index (χ0n) is 11.9. The maximum absolute atomic E-state index is 11.3. The molecule has 0 aromatic rings. The third kappa shape index (κ3) is 10.1. The summed E-state index contributed by atoms with van der Waals surface area (Å²) < 4.78 is 9.95. The largest absolute Gasteiger partial charge is 0.466 e. The molecule has 0 saturated heterocycles. The van der Waals surface area contributed by atoms with E-state index in [-0.39, 0.29) is 11.9 Å². The van der Waals surface area contributed by atoms with Gasteiger partial charge in [-0.2, -0.15) is 0 Å². The zero-order chi connectivity index (χ0) is 13.8. The molecule has 0 aromatic carbocycles. The zero-order valence-corrected chi connectivity index (χ0v) is 11.9. The molecule has 4 nitrogen and oxygen atoms in total. The van der Waals surface area contributed by atoms with Gasteiger partial charge in [0.15, 0.2) is 0 Å². The molecule has 0 radical (unpaired) electrons. The Morgan fingerprint density at radius 2 is 1.50 bits per heavy atom. The molecule has 0 heterocycles. The first-order valence-corrected chi connectivity index (χ1v) is 6.91. The van der Waals surface area contributed by atoms with Crippen molar-refractivity contribution in [3.05, 3.63) is 0 Å². The number of ether oxygens (including phenoxy) is 2. The van der Waals surface area contributed by atoms with Gasteiger partial charge in [0.2, 0.25) is 0 Å². The van der Waals surface area contributed by atoms with Gasteiger partial charge in [-0.15, -0.1) is 0 Å². The lowest BCUT2D eigenvalue weighted by molar-refractivity contribution is -0.145. The topological polar surface area (TPSA) is 52.6 Å². The Morgan fingerprint density at radius 1 is 0.944 bits per heavy atom. The molecule has 0 aliphatic heterocycles. The Kier molecular flexibility index (Phi) is 10.4. The highest BCUT2D eigenvalue weighted by atomic mass is 16.5. The summed E-state index contributed by atoms with van der Waals surface area (Å²) in [5.41, 5.74) is 0. The molecule has 18 heavy (non-hydrogen) atoms. The Bertz CT molecular complexity index is 238. The second-order valence-corrected chi connectivity index (χ2v) is 4.56. The van der Waals surface area contributed by atoms with Crippen molar-refractivity contribution in [1.29, 1.82) is 0 Å². The van der Waals surface area contributed by atoms with Gasteiger partial charge in [-0.3, -0.25) is 9.59 Å². The first-order valence-electron chi connectivity index (χ1n) is 6.91. The number of unbranched alkanes of at least 4 members (excludes halogenated alkanes) is 2. The summed E-state index contributed by atoms with van der Waals surface area (Å²) >= 11 is 0. The maximum Gasteiger partial charge on any atom is 0.305 e. The smallest absolute Gasteiger partial charge is 0.305 e. The number of hydrogen-bond donors (Lipinski definition) is 0. The number of carbonyl (C=O) groups is 2. The lowest BCUT2D eigenvalue weighted by Crippen LogP contribution is -2.11. The maximum atomic E-state index is 11.3. The Morgan fingerprint density at radius 3 is 2.00 bits per heavy atom. The van der Waals surface area contributed by atoms with Crippen molar-refractivity contribution in [2.45, 2.75) is 59.3 Å². The van der Waals surface area contributed by atoms with Gasteiger partial charge in [0.25, 0.3) is 0 Å². The van der Waals surface area contributed by atoms with E-state index in [2.05, 4.69) is 13.8 Å². The molecule has 0 amide bonds. The molecular formula is C14H26O4. The minimum Gasteiger partial charge on any atom is -0.466 e. The number of hydrogen-bond acceptors (Lipinski definition) is 4. The van der Waals surface area contributed by atoms with Gasteiger partial charge in [0, 0.05) is 12.8 Å². The second kappa shape index (κ2) is 11.1. The van der Waals surface area contributed by atoms with E-state index in [0.717, 1.165) is 25.7 Å². The predicted octanol–water partition coefficient (Wildman–Crippen LogP) is 3.09. The van der Waals surface area contributed by atoms with Crippen molar-refractivity contribution in [2.24, 2.45) is 5.92 Å². The van der Waals surface area contributed by atoms with Crippen LogP contribution in [0.4, 0.5) is 0 Å². The van der Waals surface area contributed by atoms with Crippen molar-refractivity contribution in [3.8, 4) is 0 Å². The quantitative estimate of drug-likeness (QED) is 0.446. The molecule has 0 N–H and O–H groups in total. The third-order valence-corrected chi connectivity index (χ3v) is 2.79. The molecule has 0 aliphatic carbocycles. The van der Waals surface area contributed by atoms with Crippen LogP contribution < -0.4 is 0 Å². The van der Waals surface area contributed by atoms with Gasteiger partial charge in [0.05, 0.1) is 13.2 Å². The molecule has 0 rings (SSSR count). The van der Waals surface area contributed by atoms with Gasteiger partial charge in [-0.25, -0.2) is 0 Å². The van der Waals surface area contributed by atoms with E-state index in [1.54, 1.807) is 6.92 Å². The highest BCUT2D eigenvalue weighted by molar-refractivity contribution is 5.69. The summed E-state index contributed by atoms with van der Waals surface area (Å²) in [6.07, 6.45) is 4.31. The number of esters is 2. The van der Waals surface area contributed by atoms with Gasteiger partial charge in [0.1, 0.15) is 0 Å². The lowest BCUT2D eigenvalue weighted by Gasteiger charge is -2.09. The van der Waals surface area contributed by atoms with Crippen molar-refractivity contribution in [3.63, 3.8) is 0 Å². The highest BCUT2D eigenvalue weighted by Gasteiger charge is 2.06. The standard InChI is InChI=1S/C14H26O4/c1-4-12(3)11-18-14(16)10-8-6-7-9-13(15)17-5-2/h12H,4-11H2,1-3H3. The fourth-order valence-electron chi connectivity index (χ4n) is 1.37. The molecule has 4 heteroatoms. The molecule has 0 aromatic heterocycles. The van der Waals surface area contributed by atoms with Gasteiger partial charge >= 0.3 is 11.9 Å². The summed E-state index contributed by atoms with van der Waals surface area (Å²) in [4.78, 5) is 22.4. The average molecular weight is 258 g/mol. The average Bonchev–Trinajstić information content (AvgIpc) is 2.35. The summed E-state index contributed by atoms with van der Waals surface area (Å²) in [5.74, 6) is 0.140. The molecule has 0 spiro atoms. The van der Waals surface area contributed by atoms with Crippen molar-refractivity contribution in [2.75, 3.05) is 13.2 Å². The molecule has 106 valence electrons. The van der Waals surface area contributed by atoms with E-state index in [1.165, 1.54) is 0 Å². The van der Waals surface area contributed by atoms with Crippen LogP contribution in [0.5, 0.6) is 0 Å². The predicted molar refractivity (Wildman–Crippen MR) is 70.1 cm³/mol. The van der Waals surface area contributed by atoms with Crippen LogP contribution in [-0.4, -0.2) is 25.2 Å². The fourth-order valence-corrected chi connectivity index (χ4v) is 1.37. The van der Waals surface area contributed by atoms with Crippen LogP contribution in [0.25, 0.3) is 0 Å². The summed E-state index contributed by atoms with van der Waals surface area (Å²) in [5, 5.41) is 0. The van der Waals surface area contributed by atoms with E-state index < -0.39 is 0 Å². The summed E-state index contributed by atoms with van der Waals surface area (Å²) in [6, 6.07) is 0. The van der Waals surface area contributed by atoms with Crippen molar-refractivity contribution >= 4 is 11.9 Å². The molecule has 1 atom stereocenters. The van der Waals surface area contributed by atoms with Crippen LogP contribution in [0.2, 0.25) is 0 Å². The van der Waals surface area contributed by atoms with Crippen LogP contribution in [0, 0.1) is 5.92 Å². The fraction of sp³-hybridized carbons (Fsp3) is 0.857. The number of rotatable bonds is 10. The van der Waals surface area contributed by atoms with Gasteiger partial charge < -0.3 is 9.47 Å². The van der Waals surface area contributed by atoms with Crippen molar-refractivity contribution < 1.29 is 19.1 Å². The highest BCUT2D eigenvalue weighted by Crippen LogP contribution is 2.07. The molecule has 0 saturated carbocycles. The Hall–Kier alpha value is -1.06. The molecule has 1 unspecified atom stereocenters. The SMILES string of the molecule is CCOC(=O)CCCCCC(=O)OCC(C)CC. The van der Waals surface area contributed by atoms with Crippen LogP contribution in [0.1, 0.15) is 59.3 Å². The molecule has 0 bridgehead atoms. The third-order valence-electron chi connectivity index (χ3n) is 2.79. The number of carbonyl (C=O) groups excluding carboxylic acids is 2. The first kappa shape index (κ1) is 16.9. The molecular weight excluding hydrogens is 232 g/mol. The summed E-state index contributed by atoms with van der Waals surface area (Å²) in [7, 11) is 0. The minimum absolute atomic E-state index is 0.133. The van der Waals surface area contributed by atoms with Crippen LogP contribution in [-0.2, 0) is 19.1 Å². The lowest BCUT2D eigenvalue weighted by atomic mass is 10.1. The summed E-state index contributed by atoms with van der Waals surface area (Å²) in [6.45, 7) is 6.88. The van der Waals surface area contributed by atoms with E-state index in [9.17, 15) is 9.59 Å². The van der Waals surface area contributed by atoms with Gasteiger partial charge in [-0.05, 0) is 25.7 Å². The van der Waals surface area contributed by atoms with Crippen molar-refractivity contribution in [1.82, 2.24) is 0 Å². The van der Waals surface area contributed by atoms with E-state index in [0.29, 0.717) is 32.0 Å². The minimum atomic E-state index is -0.156. The monoisotopic (exact) mass is 258 g/mol. The first-order chi connectivity index (χ1) is 8.60. The second-order valence-electron chi connectivity index (χ2n) is 4.56. The van der Waals surface area contributed by atoms with E-state index in [1.807, 2.05) is 0 Å². The molecule has 0 aliphatic rings. The van der Waals surface area contributed by atoms with E-state index >= 15 is 0 Å². The normalized spacial score (nSPS) is 11.9. The van der Waals surface area contributed by atoms with Gasteiger partial charge in [-0.1, -0.05) is 26.7 Å². The van der Waals surface area contributed by atoms with Crippen LogP contribution in [0.15, 0.2) is 0 Å². The van der Waals surface area contributed by atoms with Crippen LogP contribution >= 0.6 is 0 Å². The Labute approximate surface area is 110 Å².